The Morgan fingerprint density at radius 3 is 2.12 bits per heavy atom. The summed E-state index contributed by atoms with van der Waals surface area (Å²) in [7, 11) is 0. The number of halogens is 6. The van der Waals surface area contributed by atoms with Crippen molar-refractivity contribution in [1.29, 1.82) is 0 Å². The molecule has 1 fully saturated rings. The minimum absolute atomic E-state index is 0.118. The van der Waals surface area contributed by atoms with Crippen LogP contribution in [0.5, 0.6) is 5.75 Å². The fraction of sp³-hybridized carbons (Fsp3) is 0.500. The molecule has 5 N–H and O–H groups in total. The molecule has 2 rings (SSSR count). The van der Waals surface area contributed by atoms with E-state index in [9.17, 15) is 22.7 Å². The number of phenols is 1. The first kappa shape index (κ1) is 21.8. The molecule has 1 atom stereocenters. The lowest BCUT2D eigenvalue weighted by Gasteiger charge is -2.35. The number of nitrogens with two attached hydrogens (primary N) is 1. The summed E-state index contributed by atoms with van der Waals surface area (Å²) in [6.07, 6.45) is -4.46. The average Bonchev–Trinajstić information content (AvgIpc) is 2.50. The van der Waals surface area contributed by atoms with Crippen LogP contribution in [-0.4, -0.2) is 41.1 Å². The van der Waals surface area contributed by atoms with Crippen molar-refractivity contribution in [2.24, 2.45) is 5.73 Å². The zero-order valence-electron chi connectivity index (χ0n) is 12.7. The van der Waals surface area contributed by atoms with Gasteiger partial charge in [0.1, 0.15) is 11.4 Å². The molecular weight excluding hydrogens is 391 g/mol. The molecule has 0 aliphatic carbocycles. The van der Waals surface area contributed by atoms with Gasteiger partial charge >= 0.3 is 12.1 Å². The summed E-state index contributed by atoms with van der Waals surface area (Å²) in [5, 5.41) is 20.5. The SMILES string of the molecule is NC(c1cc(Cl)c(Cl)cc1O)C1(F)CCNCC1.O=C(O)C(F)(F)F. The molecule has 1 aliphatic rings. The Bertz CT molecular complexity index is 623. The number of rotatable bonds is 2. The number of aliphatic carboxylic acids is 1. The van der Waals surface area contributed by atoms with Gasteiger partial charge in [-0.1, -0.05) is 23.2 Å². The Morgan fingerprint density at radius 1 is 1.24 bits per heavy atom. The van der Waals surface area contributed by atoms with Crippen molar-refractivity contribution >= 4 is 29.2 Å². The first-order valence-corrected chi connectivity index (χ1v) is 7.77. The molecule has 1 aromatic carbocycles. The van der Waals surface area contributed by atoms with Crippen molar-refractivity contribution in [3.63, 3.8) is 0 Å². The molecule has 142 valence electrons. The second kappa shape index (κ2) is 8.39. The maximum absolute atomic E-state index is 14.7. The summed E-state index contributed by atoms with van der Waals surface area (Å²) >= 11 is 11.7. The predicted molar refractivity (Wildman–Crippen MR) is 84.7 cm³/mol. The van der Waals surface area contributed by atoms with Crippen LogP contribution in [0.3, 0.4) is 0 Å². The van der Waals surface area contributed by atoms with Crippen LogP contribution >= 0.6 is 23.2 Å². The van der Waals surface area contributed by atoms with Crippen molar-refractivity contribution in [2.75, 3.05) is 13.1 Å². The lowest BCUT2D eigenvalue weighted by molar-refractivity contribution is -0.192. The van der Waals surface area contributed by atoms with E-state index in [4.69, 9.17) is 38.8 Å². The van der Waals surface area contributed by atoms with Gasteiger partial charge in [-0.2, -0.15) is 13.2 Å². The van der Waals surface area contributed by atoms with E-state index in [0.717, 1.165) is 0 Å². The molecule has 1 unspecified atom stereocenters. The quantitative estimate of drug-likeness (QED) is 0.564. The van der Waals surface area contributed by atoms with Gasteiger partial charge in [0.2, 0.25) is 0 Å². The van der Waals surface area contributed by atoms with Gasteiger partial charge < -0.3 is 21.3 Å². The van der Waals surface area contributed by atoms with E-state index in [1.807, 2.05) is 0 Å². The van der Waals surface area contributed by atoms with E-state index >= 15 is 0 Å². The molecule has 25 heavy (non-hydrogen) atoms. The van der Waals surface area contributed by atoms with Gasteiger partial charge in [-0.25, -0.2) is 9.18 Å². The van der Waals surface area contributed by atoms with Crippen molar-refractivity contribution in [3.8, 4) is 5.75 Å². The molecule has 1 aliphatic heterocycles. The molecule has 0 amide bonds. The zero-order chi connectivity index (χ0) is 19.4. The summed E-state index contributed by atoms with van der Waals surface area (Å²) in [6, 6.07) is 1.82. The number of carbonyl (C=O) groups is 1. The number of hydrogen-bond acceptors (Lipinski definition) is 4. The zero-order valence-corrected chi connectivity index (χ0v) is 14.2. The standard InChI is InChI=1S/C12H15Cl2FN2O.C2HF3O2/c13-8-5-7(10(18)6-9(8)14)11(16)12(15)1-3-17-4-2-12;3-2(4,5)1(6)7/h5-6,11,17-18H,1-4,16H2;(H,6,7). The molecule has 1 saturated heterocycles. The maximum Gasteiger partial charge on any atom is 0.490 e. The average molecular weight is 407 g/mol. The fourth-order valence-corrected chi connectivity index (χ4v) is 2.56. The third-order valence-corrected chi connectivity index (χ3v) is 4.36. The number of carboxylic acids is 1. The van der Waals surface area contributed by atoms with Gasteiger partial charge in [-0.3, -0.25) is 0 Å². The third-order valence-electron chi connectivity index (χ3n) is 3.64. The van der Waals surface area contributed by atoms with Crippen LogP contribution in [0.1, 0.15) is 24.4 Å². The van der Waals surface area contributed by atoms with E-state index in [-0.39, 0.29) is 15.8 Å². The van der Waals surface area contributed by atoms with Crippen LogP contribution < -0.4 is 11.1 Å². The Labute approximate surface area is 150 Å². The highest BCUT2D eigenvalue weighted by Crippen LogP contribution is 2.41. The molecule has 0 saturated carbocycles. The molecule has 11 heteroatoms. The molecule has 0 radical (unpaired) electrons. The molecule has 1 aromatic rings. The Kier molecular flexibility index (Phi) is 7.30. The minimum Gasteiger partial charge on any atom is -0.508 e. The van der Waals surface area contributed by atoms with Crippen LogP contribution in [-0.2, 0) is 4.79 Å². The highest BCUT2D eigenvalue weighted by molar-refractivity contribution is 6.42. The van der Waals surface area contributed by atoms with Crippen LogP contribution in [0.4, 0.5) is 17.6 Å². The van der Waals surface area contributed by atoms with E-state index in [1.165, 1.54) is 12.1 Å². The van der Waals surface area contributed by atoms with Crippen LogP contribution in [0.2, 0.25) is 10.0 Å². The maximum atomic E-state index is 14.7. The number of benzene rings is 1. The summed E-state index contributed by atoms with van der Waals surface area (Å²) in [6.45, 7) is 1.15. The number of alkyl halides is 4. The number of aromatic hydroxyl groups is 1. The second-order valence-corrected chi connectivity index (χ2v) is 6.20. The van der Waals surface area contributed by atoms with Crippen LogP contribution in [0.15, 0.2) is 12.1 Å². The minimum atomic E-state index is -5.08. The van der Waals surface area contributed by atoms with Gasteiger partial charge in [0, 0.05) is 11.6 Å². The largest absolute Gasteiger partial charge is 0.508 e. The van der Waals surface area contributed by atoms with E-state index in [2.05, 4.69) is 5.32 Å². The number of phenolic OH excluding ortho intramolecular Hbond substituents is 1. The summed E-state index contributed by atoms with van der Waals surface area (Å²) in [5.41, 5.74) is 4.73. The van der Waals surface area contributed by atoms with Gasteiger partial charge in [-0.15, -0.1) is 0 Å². The second-order valence-electron chi connectivity index (χ2n) is 5.39. The van der Waals surface area contributed by atoms with E-state index in [1.54, 1.807) is 0 Å². The molecule has 0 bridgehead atoms. The molecule has 0 spiro atoms. The third kappa shape index (κ3) is 5.88. The molecule has 5 nitrogen and oxygen atoms in total. The summed E-state index contributed by atoms with van der Waals surface area (Å²) in [5.74, 6) is -2.88. The molecule has 1 heterocycles. The predicted octanol–water partition coefficient (Wildman–Crippen LogP) is 3.42. The highest BCUT2D eigenvalue weighted by atomic mass is 35.5. The summed E-state index contributed by atoms with van der Waals surface area (Å²) < 4.78 is 46.4. The van der Waals surface area contributed by atoms with Crippen molar-refractivity contribution in [2.45, 2.75) is 30.7 Å². The van der Waals surface area contributed by atoms with E-state index < -0.39 is 23.9 Å². The van der Waals surface area contributed by atoms with Crippen molar-refractivity contribution in [3.05, 3.63) is 27.7 Å². The lowest BCUT2D eigenvalue weighted by Crippen LogP contribution is -2.45. The van der Waals surface area contributed by atoms with Crippen molar-refractivity contribution < 1.29 is 32.6 Å². The normalized spacial score (nSPS) is 18.0. The highest BCUT2D eigenvalue weighted by Gasteiger charge is 2.40. The van der Waals surface area contributed by atoms with Crippen molar-refractivity contribution in [1.82, 2.24) is 5.32 Å². The van der Waals surface area contributed by atoms with Crippen LogP contribution in [0, 0.1) is 0 Å². The topological polar surface area (TPSA) is 95.6 Å². The first-order valence-electron chi connectivity index (χ1n) is 7.01. The smallest absolute Gasteiger partial charge is 0.490 e. The Balaban J connectivity index is 0.000000381. The Morgan fingerprint density at radius 2 is 1.68 bits per heavy atom. The van der Waals surface area contributed by atoms with Crippen LogP contribution in [0.25, 0.3) is 0 Å². The van der Waals surface area contributed by atoms with E-state index in [0.29, 0.717) is 31.5 Å². The number of hydrogen-bond donors (Lipinski definition) is 4. The monoisotopic (exact) mass is 406 g/mol. The molecular formula is C14H16Cl2F4N2O3. The number of carboxylic acid groups (broad SMARTS) is 1. The van der Waals surface area contributed by atoms with Gasteiger partial charge in [0.15, 0.2) is 0 Å². The van der Waals surface area contributed by atoms with Gasteiger partial charge in [0.25, 0.3) is 0 Å². The van der Waals surface area contributed by atoms with Gasteiger partial charge in [-0.05, 0) is 32.0 Å². The fourth-order valence-electron chi connectivity index (χ4n) is 2.23. The number of piperidine rings is 1. The lowest BCUT2D eigenvalue weighted by atomic mass is 9.83. The Hall–Kier alpha value is -1.29. The summed E-state index contributed by atoms with van der Waals surface area (Å²) in [4.78, 5) is 8.90. The van der Waals surface area contributed by atoms with Gasteiger partial charge in [0.05, 0.1) is 16.1 Å². The first-order chi connectivity index (χ1) is 11.4. The molecule has 0 aromatic heterocycles. The number of nitrogens with one attached hydrogen (secondary N) is 1.